The number of benzene rings is 1. The Kier molecular flexibility index (Phi) is 3.97. The van der Waals surface area contributed by atoms with Crippen LogP contribution in [0.4, 0.5) is 0 Å². The van der Waals surface area contributed by atoms with Gasteiger partial charge < -0.3 is 4.74 Å². The van der Waals surface area contributed by atoms with Crippen molar-refractivity contribution in [3.63, 3.8) is 0 Å². The molecule has 0 bridgehead atoms. The fourth-order valence-electron chi connectivity index (χ4n) is 3.87. The molecule has 3 aromatic heterocycles. The molecule has 0 atom stereocenters. The van der Waals surface area contributed by atoms with E-state index in [1.807, 2.05) is 44.2 Å². The summed E-state index contributed by atoms with van der Waals surface area (Å²) in [6.45, 7) is 6.43. The molecule has 4 heterocycles. The summed E-state index contributed by atoms with van der Waals surface area (Å²) in [5, 5.41) is 8.83. The van der Waals surface area contributed by atoms with E-state index in [1.54, 1.807) is 11.5 Å². The van der Waals surface area contributed by atoms with Crippen molar-refractivity contribution in [2.75, 3.05) is 0 Å². The molecule has 0 spiro atoms. The number of aromatic nitrogens is 4. The monoisotopic (exact) mass is 408 g/mol. The van der Waals surface area contributed by atoms with Crippen LogP contribution >= 0.6 is 11.3 Å². The maximum absolute atomic E-state index is 13.6. The zero-order chi connectivity index (χ0) is 20.3. The van der Waals surface area contributed by atoms with Crippen molar-refractivity contribution in [1.29, 1.82) is 0 Å². The second kappa shape index (κ2) is 6.33. The summed E-state index contributed by atoms with van der Waals surface area (Å²) in [4.78, 5) is 28.3. The number of thiophene rings is 1. The molecule has 0 saturated carbocycles. The van der Waals surface area contributed by atoms with Crippen molar-refractivity contribution < 1.29 is 4.74 Å². The van der Waals surface area contributed by atoms with E-state index in [-0.39, 0.29) is 22.5 Å². The number of rotatable bonds is 2. The Balaban J connectivity index is 1.91. The van der Waals surface area contributed by atoms with Crippen LogP contribution in [-0.2, 0) is 24.3 Å². The molecule has 1 aliphatic heterocycles. The van der Waals surface area contributed by atoms with Crippen molar-refractivity contribution in [3.8, 4) is 0 Å². The molecule has 8 heteroatoms. The molecule has 0 aliphatic carbocycles. The fourth-order valence-corrected chi connectivity index (χ4v) is 5.09. The van der Waals surface area contributed by atoms with Crippen LogP contribution < -0.4 is 11.1 Å². The molecule has 0 fully saturated rings. The minimum absolute atomic E-state index is 0.142. The van der Waals surface area contributed by atoms with E-state index in [0.717, 1.165) is 16.0 Å². The van der Waals surface area contributed by atoms with Crippen LogP contribution in [0.15, 0.2) is 39.9 Å². The summed E-state index contributed by atoms with van der Waals surface area (Å²) >= 11 is 1.44. The maximum Gasteiger partial charge on any atom is 0.281 e. The van der Waals surface area contributed by atoms with E-state index < -0.39 is 0 Å². The molecule has 0 N–H and O–H groups in total. The Morgan fingerprint density at radius 2 is 1.90 bits per heavy atom. The summed E-state index contributed by atoms with van der Waals surface area (Å²) < 4.78 is 9.04. The average molecular weight is 408 g/mol. The van der Waals surface area contributed by atoms with Crippen LogP contribution in [0, 0.1) is 6.92 Å². The standard InChI is InChI=1S/C21H20N4O3S/c1-12-17(26)25-19-16(14-9-21(2,3)28-11-15(14)29-19)18(27)24(20(25)23-22-12)10-13-7-5-4-6-8-13/h4-8H,9-11H2,1-3H3. The molecule has 29 heavy (non-hydrogen) atoms. The molecule has 148 valence electrons. The van der Waals surface area contributed by atoms with Crippen molar-refractivity contribution in [1.82, 2.24) is 19.2 Å². The smallest absolute Gasteiger partial charge is 0.281 e. The normalized spacial score (nSPS) is 15.7. The van der Waals surface area contributed by atoms with Crippen LogP contribution in [0.5, 0.6) is 0 Å². The van der Waals surface area contributed by atoms with Crippen LogP contribution in [0.3, 0.4) is 0 Å². The van der Waals surface area contributed by atoms with Crippen LogP contribution in [0.1, 0.15) is 35.5 Å². The molecule has 5 rings (SSSR count). The molecule has 1 aromatic carbocycles. The highest BCUT2D eigenvalue weighted by Crippen LogP contribution is 2.37. The first kappa shape index (κ1) is 18.2. The van der Waals surface area contributed by atoms with Gasteiger partial charge >= 0.3 is 0 Å². The average Bonchev–Trinajstić information content (AvgIpc) is 3.05. The first-order chi connectivity index (χ1) is 13.9. The molecule has 7 nitrogen and oxygen atoms in total. The van der Waals surface area contributed by atoms with E-state index in [0.29, 0.717) is 35.5 Å². The van der Waals surface area contributed by atoms with Gasteiger partial charge in [0.05, 0.1) is 24.1 Å². The largest absolute Gasteiger partial charge is 0.370 e. The van der Waals surface area contributed by atoms with E-state index in [2.05, 4.69) is 10.2 Å². The summed E-state index contributed by atoms with van der Waals surface area (Å²) in [7, 11) is 0. The van der Waals surface area contributed by atoms with Crippen molar-refractivity contribution in [2.45, 2.75) is 45.9 Å². The van der Waals surface area contributed by atoms with Crippen molar-refractivity contribution in [3.05, 3.63) is 72.7 Å². The Labute approximate surface area is 170 Å². The Hall–Kier alpha value is -2.84. The van der Waals surface area contributed by atoms with Gasteiger partial charge in [-0.2, -0.15) is 0 Å². The quantitative estimate of drug-likeness (QED) is 0.510. The van der Waals surface area contributed by atoms with Gasteiger partial charge in [0.15, 0.2) is 0 Å². The maximum atomic E-state index is 13.6. The summed E-state index contributed by atoms with van der Waals surface area (Å²) in [6.07, 6.45) is 0.626. The van der Waals surface area contributed by atoms with E-state index >= 15 is 0 Å². The van der Waals surface area contributed by atoms with Gasteiger partial charge in [0.2, 0.25) is 5.78 Å². The Morgan fingerprint density at radius 3 is 2.66 bits per heavy atom. The Bertz CT molecular complexity index is 1380. The molecule has 4 aromatic rings. The molecule has 0 amide bonds. The van der Waals surface area contributed by atoms with Gasteiger partial charge in [0.25, 0.3) is 11.1 Å². The molecular formula is C21H20N4O3S. The zero-order valence-electron chi connectivity index (χ0n) is 16.4. The van der Waals surface area contributed by atoms with E-state index in [4.69, 9.17) is 4.74 Å². The third-order valence-corrected chi connectivity index (χ3v) is 6.55. The topological polar surface area (TPSA) is 78.5 Å². The first-order valence-electron chi connectivity index (χ1n) is 9.47. The van der Waals surface area contributed by atoms with Gasteiger partial charge in [-0.3, -0.25) is 14.2 Å². The van der Waals surface area contributed by atoms with Gasteiger partial charge in [-0.1, -0.05) is 30.3 Å². The van der Waals surface area contributed by atoms with Gasteiger partial charge in [0, 0.05) is 11.3 Å². The molecule has 0 saturated heterocycles. The number of nitrogens with zero attached hydrogens (tertiary/aromatic N) is 4. The van der Waals surface area contributed by atoms with Crippen molar-refractivity contribution in [2.24, 2.45) is 0 Å². The molecule has 1 aliphatic rings. The third kappa shape index (κ3) is 2.82. The summed E-state index contributed by atoms with van der Waals surface area (Å²) in [5.74, 6) is 0.265. The lowest BCUT2D eigenvalue weighted by Gasteiger charge is -2.29. The predicted octanol–water partition coefficient (Wildman–Crippen LogP) is 2.67. The number of fused-ring (bicyclic) bond motifs is 5. The summed E-state index contributed by atoms with van der Waals surface area (Å²) in [6, 6.07) is 9.68. The highest BCUT2D eigenvalue weighted by atomic mass is 32.1. The van der Waals surface area contributed by atoms with E-state index in [9.17, 15) is 9.59 Å². The van der Waals surface area contributed by atoms with Gasteiger partial charge in [-0.25, -0.2) is 4.40 Å². The highest BCUT2D eigenvalue weighted by molar-refractivity contribution is 7.18. The zero-order valence-corrected chi connectivity index (χ0v) is 17.2. The highest BCUT2D eigenvalue weighted by Gasteiger charge is 2.32. The van der Waals surface area contributed by atoms with Gasteiger partial charge in [-0.05, 0) is 31.9 Å². The number of ether oxygens (including phenoxy) is 1. The molecule has 0 radical (unpaired) electrons. The number of hydrogen-bond acceptors (Lipinski definition) is 6. The van der Waals surface area contributed by atoms with Crippen LogP contribution in [0.25, 0.3) is 16.0 Å². The molecule has 0 unspecified atom stereocenters. The molecular weight excluding hydrogens is 388 g/mol. The van der Waals surface area contributed by atoms with E-state index in [1.165, 1.54) is 15.7 Å². The second-order valence-corrected chi connectivity index (χ2v) is 9.10. The van der Waals surface area contributed by atoms with Crippen LogP contribution in [0.2, 0.25) is 0 Å². The second-order valence-electron chi connectivity index (χ2n) is 8.01. The lowest BCUT2D eigenvalue weighted by Crippen LogP contribution is -2.33. The SMILES string of the molecule is Cc1nnc2n(Cc3ccccc3)c(=O)c3c4c(sc3n2c1=O)COC(C)(C)C4. The number of aryl methyl sites for hydroxylation is 1. The fraction of sp³-hybridized carbons (Fsp3) is 0.333. The minimum Gasteiger partial charge on any atom is -0.370 e. The first-order valence-corrected chi connectivity index (χ1v) is 10.3. The predicted molar refractivity (Wildman–Crippen MR) is 112 cm³/mol. The number of hydrogen-bond donors (Lipinski definition) is 0. The van der Waals surface area contributed by atoms with Gasteiger partial charge in [-0.15, -0.1) is 21.5 Å². The van der Waals surface area contributed by atoms with Crippen LogP contribution in [-0.4, -0.2) is 24.8 Å². The van der Waals surface area contributed by atoms with Crippen molar-refractivity contribution >= 4 is 27.3 Å². The van der Waals surface area contributed by atoms with Gasteiger partial charge in [0.1, 0.15) is 10.5 Å². The lowest BCUT2D eigenvalue weighted by atomic mass is 9.94. The lowest BCUT2D eigenvalue weighted by molar-refractivity contribution is -0.0379. The third-order valence-electron chi connectivity index (χ3n) is 5.36. The Morgan fingerprint density at radius 1 is 1.14 bits per heavy atom. The minimum atomic E-state index is -0.357. The summed E-state index contributed by atoms with van der Waals surface area (Å²) in [5.41, 5.74) is 1.49.